The zero-order chi connectivity index (χ0) is 17.9. The molecule has 6 nitrogen and oxygen atoms in total. The molecule has 0 bridgehead atoms. The van der Waals surface area contributed by atoms with Crippen molar-refractivity contribution in [3.63, 3.8) is 0 Å². The van der Waals surface area contributed by atoms with Crippen molar-refractivity contribution in [2.45, 2.75) is 19.4 Å². The number of amides is 1. The molecule has 0 atom stereocenters. The fourth-order valence-electron chi connectivity index (χ4n) is 2.19. The quantitative estimate of drug-likeness (QED) is 0.739. The second-order valence-corrected chi connectivity index (χ2v) is 7.03. The molecule has 0 saturated carbocycles. The zero-order valence-corrected chi connectivity index (χ0v) is 15.9. The molecule has 24 heavy (non-hydrogen) atoms. The van der Waals surface area contributed by atoms with Crippen LogP contribution < -0.4 is 16.2 Å². The summed E-state index contributed by atoms with van der Waals surface area (Å²) in [6.45, 7) is 3.73. The smallest absolute Gasteiger partial charge is 0.274 e. The van der Waals surface area contributed by atoms with E-state index in [1.165, 1.54) is 4.57 Å². The summed E-state index contributed by atoms with van der Waals surface area (Å²) in [6.07, 6.45) is 3.34. The lowest BCUT2D eigenvalue weighted by atomic mass is 9.96. The molecule has 2 aromatic heterocycles. The molecule has 0 unspecified atom stereocenters. The molecule has 0 fully saturated rings. The Hall–Kier alpha value is -1.86. The van der Waals surface area contributed by atoms with Crippen molar-refractivity contribution in [1.82, 2.24) is 14.9 Å². The topological polar surface area (TPSA) is 76.0 Å². The van der Waals surface area contributed by atoms with E-state index in [2.05, 4.69) is 31.5 Å². The largest absolute Gasteiger partial charge is 0.346 e. The van der Waals surface area contributed by atoms with Gasteiger partial charge >= 0.3 is 0 Å². The average Bonchev–Trinajstić information content (AvgIpc) is 2.52. The summed E-state index contributed by atoms with van der Waals surface area (Å²) < 4.78 is 2.26. The minimum Gasteiger partial charge on any atom is -0.346 e. The van der Waals surface area contributed by atoms with Gasteiger partial charge in [-0.25, -0.2) is 4.98 Å². The molecular formula is C16H18BrClN4O2. The van der Waals surface area contributed by atoms with Crippen molar-refractivity contribution in [2.75, 3.05) is 11.2 Å². The van der Waals surface area contributed by atoms with Crippen LogP contribution in [0.25, 0.3) is 0 Å². The van der Waals surface area contributed by atoms with Gasteiger partial charge in [-0.15, -0.1) is 11.6 Å². The van der Waals surface area contributed by atoms with Crippen LogP contribution in [-0.4, -0.2) is 21.3 Å². The second-order valence-electron chi connectivity index (χ2n) is 5.85. The summed E-state index contributed by atoms with van der Waals surface area (Å²) >= 11 is 8.89. The van der Waals surface area contributed by atoms with Crippen molar-refractivity contribution in [3.05, 3.63) is 51.0 Å². The van der Waals surface area contributed by atoms with E-state index in [-0.39, 0.29) is 17.3 Å². The van der Waals surface area contributed by atoms with Gasteiger partial charge in [-0.05, 0) is 47.5 Å². The summed E-state index contributed by atoms with van der Waals surface area (Å²) in [5.74, 6) is 0.192. The summed E-state index contributed by atoms with van der Waals surface area (Å²) in [5, 5.41) is 5.83. The van der Waals surface area contributed by atoms with E-state index in [4.69, 9.17) is 11.6 Å². The molecule has 0 aliphatic heterocycles. The Kier molecular flexibility index (Phi) is 5.66. The number of rotatable bonds is 5. The lowest BCUT2D eigenvalue weighted by Gasteiger charge is -2.26. The van der Waals surface area contributed by atoms with Gasteiger partial charge in [0.1, 0.15) is 17.4 Å². The summed E-state index contributed by atoms with van der Waals surface area (Å²) in [7, 11) is 1.68. The predicted octanol–water partition coefficient (Wildman–Crippen LogP) is 2.88. The first-order chi connectivity index (χ1) is 11.2. The Balaban J connectivity index is 2.21. The van der Waals surface area contributed by atoms with Crippen molar-refractivity contribution in [2.24, 2.45) is 7.05 Å². The maximum atomic E-state index is 12.1. The van der Waals surface area contributed by atoms with Gasteiger partial charge in [0.05, 0.1) is 5.54 Å². The average molecular weight is 414 g/mol. The van der Waals surface area contributed by atoms with Crippen LogP contribution in [-0.2, 0) is 17.4 Å². The molecule has 8 heteroatoms. The van der Waals surface area contributed by atoms with Crippen molar-refractivity contribution < 1.29 is 4.79 Å². The third-order valence-electron chi connectivity index (χ3n) is 3.47. The van der Waals surface area contributed by atoms with E-state index >= 15 is 0 Å². The monoisotopic (exact) mass is 412 g/mol. The molecule has 0 aliphatic rings. The molecule has 128 valence electrons. The SMILES string of the molecule is Cn1cc(Br)cc(Nc2ccc(C(C)(C)NC(=O)CCl)cn2)c1=O. The van der Waals surface area contributed by atoms with E-state index in [1.807, 2.05) is 19.9 Å². The highest BCUT2D eigenvalue weighted by atomic mass is 79.9. The van der Waals surface area contributed by atoms with Crippen LogP contribution in [0.3, 0.4) is 0 Å². The lowest BCUT2D eigenvalue weighted by molar-refractivity contribution is -0.120. The van der Waals surface area contributed by atoms with E-state index in [1.54, 1.807) is 31.6 Å². The highest BCUT2D eigenvalue weighted by molar-refractivity contribution is 9.10. The lowest BCUT2D eigenvalue weighted by Crippen LogP contribution is -2.41. The maximum Gasteiger partial charge on any atom is 0.274 e. The summed E-state index contributed by atoms with van der Waals surface area (Å²) in [6, 6.07) is 5.29. The van der Waals surface area contributed by atoms with Crippen molar-refractivity contribution >= 4 is 44.9 Å². The molecule has 2 heterocycles. The molecule has 2 aromatic rings. The van der Waals surface area contributed by atoms with Gasteiger partial charge in [0.15, 0.2) is 0 Å². The Labute approximate surface area is 153 Å². The van der Waals surface area contributed by atoms with Crippen LogP contribution in [0.4, 0.5) is 11.5 Å². The number of carbonyl (C=O) groups excluding carboxylic acids is 1. The number of aromatic nitrogens is 2. The van der Waals surface area contributed by atoms with Crippen LogP contribution in [0.5, 0.6) is 0 Å². The summed E-state index contributed by atoms with van der Waals surface area (Å²) in [4.78, 5) is 27.9. The zero-order valence-electron chi connectivity index (χ0n) is 13.6. The molecule has 0 spiro atoms. The molecular weight excluding hydrogens is 396 g/mol. The number of nitrogens with zero attached hydrogens (tertiary/aromatic N) is 2. The highest BCUT2D eigenvalue weighted by Gasteiger charge is 2.22. The first-order valence-corrected chi connectivity index (χ1v) is 8.52. The van der Waals surface area contributed by atoms with Crippen LogP contribution in [0.1, 0.15) is 19.4 Å². The Morgan fingerprint density at radius 3 is 2.71 bits per heavy atom. The highest BCUT2D eigenvalue weighted by Crippen LogP contribution is 2.21. The first-order valence-electron chi connectivity index (χ1n) is 7.19. The minimum atomic E-state index is -0.594. The number of aryl methyl sites for hydroxylation is 1. The molecule has 0 aliphatic carbocycles. The number of nitrogens with one attached hydrogen (secondary N) is 2. The van der Waals surface area contributed by atoms with E-state index in [0.717, 1.165) is 10.0 Å². The number of pyridine rings is 2. The molecule has 0 radical (unpaired) electrons. The number of anilines is 2. The number of halogens is 2. The predicted molar refractivity (Wildman–Crippen MR) is 98.8 cm³/mol. The van der Waals surface area contributed by atoms with Gasteiger partial charge in [-0.2, -0.15) is 0 Å². The van der Waals surface area contributed by atoms with Crippen LogP contribution in [0.15, 0.2) is 39.9 Å². The number of hydrogen-bond acceptors (Lipinski definition) is 4. The Morgan fingerprint density at radius 1 is 1.42 bits per heavy atom. The molecule has 2 N–H and O–H groups in total. The third kappa shape index (κ3) is 4.36. The fraction of sp³-hybridized carbons (Fsp3) is 0.312. The minimum absolute atomic E-state index is 0.0946. The maximum absolute atomic E-state index is 12.1. The first kappa shape index (κ1) is 18.5. The molecule has 2 rings (SSSR count). The Morgan fingerprint density at radius 2 is 2.12 bits per heavy atom. The fourth-order valence-corrected chi connectivity index (χ4v) is 2.79. The van der Waals surface area contributed by atoms with Crippen LogP contribution >= 0.6 is 27.5 Å². The van der Waals surface area contributed by atoms with E-state index in [9.17, 15) is 9.59 Å². The van der Waals surface area contributed by atoms with Gasteiger partial charge in [0.25, 0.3) is 5.56 Å². The summed E-state index contributed by atoms with van der Waals surface area (Å²) in [5.41, 5.74) is 0.498. The number of alkyl halides is 1. The van der Waals surface area contributed by atoms with Crippen LogP contribution in [0.2, 0.25) is 0 Å². The van der Waals surface area contributed by atoms with E-state index < -0.39 is 5.54 Å². The molecule has 0 aromatic carbocycles. The van der Waals surface area contributed by atoms with Gasteiger partial charge in [-0.3, -0.25) is 9.59 Å². The number of carbonyl (C=O) groups is 1. The standard InChI is InChI=1S/C16H18BrClN4O2/c1-16(2,21-14(23)7-18)10-4-5-13(19-8-10)20-12-6-11(17)9-22(3)15(12)24/h4-6,8-9H,7H2,1-3H3,(H,19,20)(H,21,23). The van der Waals surface area contributed by atoms with Crippen LogP contribution in [0, 0.1) is 0 Å². The number of hydrogen-bond donors (Lipinski definition) is 2. The normalized spacial score (nSPS) is 11.2. The van der Waals surface area contributed by atoms with Crippen molar-refractivity contribution in [1.29, 1.82) is 0 Å². The molecule has 0 saturated heterocycles. The molecule has 1 amide bonds. The van der Waals surface area contributed by atoms with Gasteiger partial charge < -0.3 is 15.2 Å². The van der Waals surface area contributed by atoms with Gasteiger partial charge in [0, 0.05) is 23.9 Å². The van der Waals surface area contributed by atoms with Gasteiger partial charge in [0.2, 0.25) is 5.91 Å². The van der Waals surface area contributed by atoms with Crippen molar-refractivity contribution in [3.8, 4) is 0 Å². The third-order valence-corrected chi connectivity index (χ3v) is 4.15. The second kappa shape index (κ2) is 7.36. The van der Waals surface area contributed by atoms with E-state index in [0.29, 0.717) is 11.5 Å². The Bertz CT molecular complexity index is 803. The van der Waals surface area contributed by atoms with Gasteiger partial charge in [-0.1, -0.05) is 6.07 Å².